The van der Waals surface area contributed by atoms with E-state index in [0.29, 0.717) is 3.57 Å². The SMILES string of the molecule is Cc1ccc(S(N)(=O)=O)c(I)c1. The molecule has 0 bridgehead atoms. The topological polar surface area (TPSA) is 60.2 Å². The molecular weight excluding hydrogens is 289 g/mol. The van der Waals surface area contributed by atoms with Crippen molar-refractivity contribution in [2.45, 2.75) is 11.8 Å². The zero-order valence-corrected chi connectivity index (χ0v) is 9.39. The van der Waals surface area contributed by atoms with Crippen molar-refractivity contribution in [3.05, 3.63) is 27.3 Å². The Labute approximate surface area is 85.2 Å². The van der Waals surface area contributed by atoms with Gasteiger partial charge >= 0.3 is 0 Å². The van der Waals surface area contributed by atoms with Crippen molar-refractivity contribution in [1.82, 2.24) is 0 Å². The number of rotatable bonds is 1. The van der Waals surface area contributed by atoms with Crippen LogP contribution in [0.5, 0.6) is 0 Å². The highest BCUT2D eigenvalue weighted by molar-refractivity contribution is 14.1. The van der Waals surface area contributed by atoms with Crippen LogP contribution in [0.4, 0.5) is 0 Å². The van der Waals surface area contributed by atoms with Gasteiger partial charge in [0.1, 0.15) is 0 Å². The van der Waals surface area contributed by atoms with Gasteiger partial charge in [-0.15, -0.1) is 0 Å². The van der Waals surface area contributed by atoms with Gasteiger partial charge < -0.3 is 0 Å². The molecule has 0 atom stereocenters. The third kappa shape index (κ3) is 2.18. The Morgan fingerprint density at radius 3 is 2.42 bits per heavy atom. The molecule has 0 unspecified atom stereocenters. The van der Waals surface area contributed by atoms with E-state index in [-0.39, 0.29) is 4.90 Å². The molecule has 0 heterocycles. The van der Waals surface area contributed by atoms with Gasteiger partial charge in [-0.2, -0.15) is 0 Å². The van der Waals surface area contributed by atoms with Crippen LogP contribution in [0.25, 0.3) is 0 Å². The summed E-state index contributed by atoms with van der Waals surface area (Å²) in [6.45, 7) is 1.90. The fourth-order valence-corrected chi connectivity index (χ4v) is 3.02. The summed E-state index contributed by atoms with van der Waals surface area (Å²) in [7, 11) is -3.56. The number of primary sulfonamides is 1. The number of hydrogen-bond donors (Lipinski definition) is 1. The number of sulfonamides is 1. The quantitative estimate of drug-likeness (QED) is 0.793. The van der Waals surface area contributed by atoms with Crippen LogP contribution in [0.3, 0.4) is 0 Å². The predicted octanol–water partition coefficient (Wildman–Crippen LogP) is 1.25. The molecule has 0 aliphatic carbocycles. The average Bonchev–Trinajstić information content (AvgIpc) is 1.83. The van der Waals surface area contributed by atoms with E-state index in [0.717, 1.165) is 5.56 Å². The molecule has 2 N–H and O–H groups in total. The second-order valence-corrected chi connectivity index (χ2v) is 5.17. The number of nitrogens with two attached hydrogens (primary N) is 1. The molecule has 0 radical (unpaired) electrons. The van der Waals surface area contributed by atoms with E-state index in [2.05, 4.69) is 0 Å². The molecule has 0 spiro atoms. The normalized spacial score (nSPS) is 11.6. The third-order valence-electron chi connectivity index (χ3n) is 1.39. The van der Waals surface area contributed by atoms with Crippen molar-refractivity contribution in [2.75, 3.05) is 0 Å². The second kappa shape index (κ2) is 3.31. The van der Waals surface area contributed by atoms with E-state index in [4.69, 9.17) is 5.14 Å². The van der Waals surface area contributed by atoms with Crippen LogP contribution in [-0.4, -0.2) is 8.42 Å². The maximum absolute atomic E-state index is 10.9. The number of hydrogen-bond acceptors (Lipinski definition) is 2. The van der Waals surface area contributed by atoms with Crippen molar-refractivity contribution in [3.8, 4) is 0 Å². The number of aryl methyl sites for hydroxylation is 1. The number of benzene rings is 1. The summed E-state index contributed by atoms with van der Waals surface area (Å²) in [4.78, 5) is 0.189. The summed E-state index contributed by atoms with van der Waals surface area (Å²) in [5.41, 5.74) is 1.02. The highest BCUT2D eigenvalue weighted by Gasteiger charge is 2.11. The molecule has 0 aromatic heterocycles. The molecule has 12 heavy (non-hydrogen) atoms. The van der Waals surface area contributed by atoms with Crippen LogP contribution in [0.1, 0.15) is 5.56 Å². The van der Waals surface area contributed by atoms with Gasteiger partial charge in [-0.3, -0.25) is 0 Å². The molecule has 0 saturated heterocycles. The zero-order chi connectivity index (χ0) is 9.35. The highest BCUT2D eigenvalue weighted by atomic mass is 127. The number of halogens is 1. The first-order valence-corrected chi connectivity index (χ1v) is 5.83. The summed E-state index contributed by atoms with van der Waals surface area (Å²) >= 11 is 1.95. The van der Waals surface area contributed by atoms with E-state index in [1.54, 1.807) is 12.1 Å². The summed E-state index contributed by atoms with van der Waals surface area (Å²) < 4.78 is 22.5. The summed E-state index contributed by atoms with van der Waals surface area (Å²) in [6.07, 6.45) is 0. The Morgan fingerprint density at radius 2 is 2.00 bits per heavy atom. The van der Waals surface area contributed by atoms with Crippen LogP contribution in [0.2, 0.25) is 0 Å². The average molecular weight is 297 g/mol. The first kappa shape index (κ1) is 9.94. The Kier molecular flexibility index (Phi) is 2.74. The minimum atomic E-state index is -3.56. The fourth-order valence-electron chi connectivity index (χ4n) is 0.837. The molecule has 3 nitrogen and oxygen atoms in total. The smallest absolute Gasteiger partial charge is 0.225 e. The largest absolute Gasteiger partial charge is 0.239 e. The maximum atomic E-state index is 10.9. The van der Waals surface area contributed by atoms with Crippen LogP contribution in [-0.2, 0) is 10.0 Å². The van der Waals surface area contributed by atoms with E-state index in [9.17, 15) is 8.42 Å². The molecule has 1 aromatic carbocycles. The van der Waals surface area contributed by atoms with Crippen molar-refractivity contribution >= 4 is 32.6 Å². The monoisotopic (exact) mass is 297 g/mol. The summed E-state index contributed by atoms with van der Waals surface area (Å²) in [5.74, 6) is 0. The lowest BCUT2D eigenvalue weighted by Gasteiger charge is -2.01. The molecule has 0 fully saturated rings. The Balaban J connectivity index is 3.39. The third-order valence-corrected chi connectivity index (χ3v) is 3.62. The molecule has 0 amide bonds. The van der Waals surface area contributed by atoms with Crippen LogP contribution in [0.15, 0.2) is 23.1 Å². The highest BCUT2D eigenvalue weighted by Crippen LogP contribution is 2.17. The van der Waals surface area contributed by atoms with E-state index in [1.165, 1.54) is 6.07 Å². The van der Waals surface area contributed by atoms with Gasteiger partial charge in [0.2, 0.25) is 10.0 Å². The molecule has 1 aromatic rings. The van der Waals surface area contributed by atoms with Gasteiger partial charge in [0, 0.05) is 3.57 Å². The molecule has 66 valence electrons. The Morgan fingerprint density at radius 1 is 1.42 bits per heavy atom. The Bertz CT molecular complexity index is 400. The summed E-state index contributed by atoms with van der Waals surface area (Å²) in [6, 6.07) is 5.02. The molecular formula is C7H8INO2S. The minimum absolute atomic E-state index is 0.189. The van der Waals surface area contributed by atoms with Gasteiger partial charge in [-0.25, -0.2) is 13.6 Å². The van der Waals surface area contributed by atoms with Gasteiger partial charge in [0.25, 0.3) is 0 Å². The second-order valence-electron chi connectivity index (χ2n) is 2.48. The predicted molar refractivity (Wildman–Crippen MR) is 55.3 cm³/mol. The first-order chi connectivity index (χ1) is 5.41. The van der Waals surface area contributed by atoms with Gasteiger partial charge in [0.05, 0.1) is 4.90 Å². The maximum Gasteiger partial charge on any atom is 0.239 e. The van der Waals surface area contributed by atoms with E-state index >= 15 is 0 Å². The van der Waals surface area contributed by atoms with Gasteiger partial charge in [-0.05, 0) is 47.2 Å². The molecule has 0 aliphatic rings. The van der Waals surface area contributed by atoms with Crippen LogP contribution in [0, 0.1) is 10.5 Å². The van der Waals surface area contributed by atoms with E-state index < -0.39 is 10.0 Å². The minimum Gasteiger partial charge on any atom is -0.225 e. The van der Waals surface area contributed by atoms with Crippen molar-refractivity contribution in [1.29, 1.82) is 0 Å². The summed E-state index contributed by atoms with van der Waals surface area (Å²) in [5, 5.41) is 4.98. The van der Waals surface area contributed by atoms with E-state index in [1.807, 2.05) is 29.5 Å². The molecule has 5 heteroatoms. The van der Waals surface area contributed by atoms with Crippen LogP contribution < -0.4 is 5.14 Å². The lowest BCUT2D eigenvalue weighted by Crippen LogP contribution is -2.13. The van der Waals surface area contributed by atoms with Crippen molar-refractivity contribution in [2.24, 2.45) is 5.14 Å². The standard InChI is InChI=1S/C7H8INO2S/c1-5-2-3-7(6(8)4-5)12(9,10)11/h2-4H,1H3,(H2,9,10,11). The van der Waals surface area contributed by atoms with Crippen molar-refractivity contribution < 1.29 is 8.42 Å². The fraction of sp³-hybridized carbons (Fsp3) is 0.143. The van der Waals surface area contributed by atoms with Crippen molar-refractivity contribution in [3.63, 3.8) is 0 Å². The van der Waals surface area contributed by atoms with Gasteiger partial charge in [0.15, 0.2) is 0 Å². The first-order valence-electron chi connectivity index (χ1n) is 3.20. The lowest BCUT2D eigenvalue weighted by molar-refractivity contribution is 0.597. The van der Waals surface area contributed by atoms with Crippen LogP contribution >= 0.6 is 22.6 Å². The zero-order valence-electron chi connectivity index (χ0n) is 6.41. The molecule has 0 saturated carbocycles. The van der Waals surface area contributed by atoms with Gasteiger partial charge in [-0.1, -0.05) is 6.07 Å². The Hall–Kier alpha value is -0.140. The lowest BCUT2D eigenvalue weighted by atomic mass is 10.2. The molecule has 0 aliphatic heterocycles. The molecule has 1 rings (SSSR count).